The maximum Gasteiger partial charge on any atom is 0.344 e. The van der Waals surface area contributed by atoms with Crippen molar-refractivity contribution in [2.75, 3.05) is 20.4 Å². The van der Waals surface area contributed by atoms with Crippen molar-refractivity contribution in [2.45, 2.75) is 37.7 Å². The van der Waals surface area contributed by atoms with Gasteiger partial charge in [-0.15, -0.1) is 0 Å². The van der Waals surface area contributed by atoms with E-state index >= 15 is 0 Å². The zero-order chi connectivity index (χ0) is 28.9. The fraction of sp³-hybridized carbons (Fsp3) is 0.276. The van der Waals surface area contributed by atoms with Crippen molar-refractivity contribution in [3.05, 3.63) is 89.0 Å². The van der Waals surface area contributed by atoms with Gasteiger partial charge < -0.3 is 18.9 Å². The summed E-state index contributed by atoms with van der Waals surface area (Å²) in [5.74, 6) is -1.86. The average Bonchev–Trinajstić information content (AvgIpc) is 3.14. The van der Waals surface area contributed by atoms with Crippen molar-refractivity contribution in [3.63, 3.8) is 0 Å². The lowest BCUT2D eigenvalue weighted by atomic mass is 9.96. The van der Waals surface area contributed by atoms with Crippen LogP contribution in [0.1, 0.15) is 46.8 Å². The van der Waals surface area contributed by atoms with Gasteiger partial charge in [-0.05, 0) is 29.2 Å². The molecule has 0 radical (unpaired) electrons. The lowest BCUT2D eigenvalue weighted by molar-refractivity contribution is -0.147. The first-order valence-electron chi connectivity index (χ1n) is 12.5. The Morgan fingerprint density at radius 2 is 1.62 bits per heavy atom. The number of carbonyl (C=O) groups excluding carboxylic acids is 3. The molecule has 1 heterocycles. The van der Waals surface area contributed by atoms with Gasteiger partial charge in [0.1, 0.15) is 23.0 Å². The molecule has 0 spiro atoms. The minimum atomic E-state index is -4.35. The van der Waals surface area contributed by atoms with Crippen LogP contribution < -0.4 is 9.47 Å². The van der Waals surface area contributed by atoms with E-state index in [1.165, 1.54) is 19.2 Å². The van der Waals surface area contributed by atoms with Crippen molar-refractivity contribution in [3.8, 4) is 11.5 Å². The van der Waals surface area contributed by atoms with Crippen LogP contribution in [0.3, 0.4) is 0 Å². The number of hydrogen-bond donors (Lipinski definition) is 0. The van der Waals surface area contributed by atoms with Gasteiger partial charge in [-0.1, -0.05) is 62.4 Å². The number of sulfonamides is 1. The molecule has 0 N–H and O–H groups in total. The SMILES string of the molecule is COc1ccccc1CC(=O)OCN1C(=O)c2c(C(C)C)cc(OCC(=O)OCc3ccccc3)cc2S1(=O)=O. The topological polar surface area (TPSA) is 126 Å². The fourth-order valence-corrected chi connectivity index (χ4v) is 5.64. The van der Waals surface area contributed by atoms with E-state index in [1.54, 1.807) is 38.1 Å². The number of carbonyl (C=O) groups is 3. The van der Waals surface area contributed by atoms with Gasteiger partial charge in [0.15, 0.2) is 13.3 Å². The minimum absolute atomic E-state index is 0.0187. The van der Waals surface area contributed by atoms with Crippen LogP contribution in [0.4, 0.5) is 0 Å². The monoisotopic (exact) mass is 567 g/mol. The minimum Gasteiger partial charge on any atom is -0.496 e. The lowest BCUT2D eigenvalue weighted by Crippen LogP contribution is -2.33. The number of nitrogens with zero attached hydrogens (tertiary/aromatic N) is 1. The Morgan fingerprint density at radius 1 is 0.925 bits per heavy atom. The number of benzene rings is 3. The van der Waals surface area contributed by atoms with E-state index < -0.39 is 41.2 Å². The highest BCUT2D eigenvalue weighted by molar-refractivity contribution is 7.90. The number of methoxy groups -OCH3 is 1. The Bertz CT molecular complexity index is 1520. The summed E-state index contributed by atoms with van der Waals surface area (Å²) < 4.78 is 48.4. The highest BCUT2D eigenvalue weighted by Crippen LogP contribution is 2.38. The molecule has 10 nitrogen and oxygen atoms in total. The molecule has 40 heavy (non-hydrogen) atoms. The summed E-state index contributed by atoms with van der Waals surface area (Å²) in [5.41, 5.74) is 1.76. The van der Waals surface area contributed by atoms with Gasteiger partial charge in [0.2, 0.25) is 0 Å². The van der Waals surface area contributed by atoms with Gasteiger partial charge in [0.05, 0.1) is 19.1 Å². The Morgan fingerprint density at radius 3 is 2.33 bits per heavy atom. The molecular weight excluding hydrogens is 538 g/mol. The van der Waals surface area contributed by atoms with Gasteiger partial charge in [-0.2, -0.15) is 4.31 Å². The number of esters is 2. The molecule has 1 aliphatic heterocycles. The molecule has 1 amide bonds. The quantitative estimate of drug-likeness (QED) is 0.318. The first-order chi connectivity index (χ1) is 19.1. The third-order valence-corrected chi connectivity index (χ3v) is 7.94. The molecule has 1 aliphatic rings. The Balaban J connectivity index is 1.46. The number of fused-ring (bicyclic) bond motifs is 1. The average molecular weight is 568 g/mol. The number of para-hydroxylation sites is 1. The van der Waals surface area contributed by atoms with Gasteiger partial charge in [0, 0.05) is 11.6 Å². The molecule has 0 unspecified atom stereocenters. The predicted octanol–water partition coefficient (Wildman–Crippen LogP) is 3.83. The summed E-state index contributed by atoms with van der Waals surface area (Å²) in [6.07, 6.45) is -0.172. The Kier molecular flexibility index (Phi) is 8.73. The van der Waals surface area contributed by atoms with E-state index in [9.17, 15) is 22.8 Å². The molecule has 0 saturated carbocycles. The van der Waals surface area contributed by atoms with Crippen molar-refractivity contribution >= 4 is 27.9 Å². The van der Waals surface area contributed by atoms with E-state index in [0.29, 0.717) is 21.2 Å². The van der Waals surface area contributed by atoms with Crippen molar-refractivity contribution in [1.29, 1.82) is 0 Å². The second kappa shape index (κ2) is 12.2. The van der Waals surface area contributed by atoms with E-state index in [1.807, 2.05) is 30.3 Å². The second-order valence-corrected chi connectivity index (χ2v) is 11.1. The Hall–Kier alpha value is -4.38. The molecule has 11 heteroatoms. The summed E-state index contributed by atoms with van der Waals surface area (Å²) in [5, 5.41) is 0. The van der Waals surface area contributed by atoms with Crippen LogP contribution >= 0.6 is 0 Å². The number of ether oxygens (including phenoxy) is 4. The molecule has 0 saturated heterocycles. The molecule has 0 aliphatic carbocycles. The number of rotatable bonds is 11. The lowest BCUT2D eigenvalue weighted by Gasteiger charge is -2.15. The molecule has 4 rings (SSSR count). The zero-order valence-corrected chi connectivity index (χ0v) is 23.1. The first kappa shape index (κ1) is 28.6. The van der Waals surface area contributed by atoms with Crippen molar-refractivity contribution in [2.24, 2.45) is 0 Å². The standard InChI is InChI=1S/C29H29NO9S/c1-19(2)23-14-22(37-17-27(32)38-16-20-9-5-4-6-10-20)15-25-28(23)29(33)30(40(25,34)35)18-39-26(31)13-21-11-7-8-12-24(21)36-3/h4-12,14-15,19H,13,16-18H2,1-3H3. The van der Waals surface area contributed by atoms with Crippen molar-refractivity contribution in [1.82, 2.24) is 4.31 Å². The maximum atomic E-state index is 13.3. The normalized spacial score (nSPS) is 13.6. The molecule has 3 aromatic carbocycles. The third kappa shape index (κ3) is 6.26. The Labute approximate surface area is 232 Å². The van der Waals surface area contributed by atoms with Crippen LogP contribution in [0.25, 0.3) is 0 Å². The molecule has 0 bridgehead atoms. The van der Waals surface area contributed by atoms with E-state index in [-0.39, 0.29) is 35.2 Å². The predicted molar refractivity (Wildman–Crippen MR) is 143 cm³/mol. The largest absolute Gasteiger partial charge is 0.496 e. The molecular formula is C29H29NO9S. The van der Waals surface area contributed by atoms with Gasteiger partial charge in [-0.3, -0.25) is 9.59 Å². The van der Waals surface area contributed by atoms with Crippen LogP contribution in [0.15, 0.2) is 71.6 Å². The molecule has 3 aromatic rings. The summed E-state index contributed by atoms with van der Waals surface area (Å²) in [4.78, 5) is 37.6. The number of hydrogen-bond acceptors (Lipinski definition) is 9. The van der Waals surface area contributed by atoms with Crippen LogP contribution in [-0.2, 0) is 42.1 Å². The van der Waals surface area contributed by atoms with Crippen LogP contribution in [0, 0.1) is 0 Å². The van der Waals surface area contributed by atoms with Crippen LogP contribution in [0.5, 0.6) is 11.5 Å². The first-order valence-corrected chi connectivity index (χ1v) is 13.9. The van der Waals surface area contributed by atoms with Gasteiger partial charge in [-0.25, -0.2) is 13.2 Å². The summed E-state index contributed by atoms with van der Waals surface area (Å²) in [6, 6.07) is 18.7. The highest BCUT2D eigenvalue weighted by Gasteiger charge is 2.44. The summed E-state index contributed by atoms with van der Waals surface area (Å²) >= 11 is 0. The third-order valence-electron chi connectivity index (χ3n) is 6.21. The smallest absolute Gasteiger partial charge is 0.344 e. The molecule has 0 aromatic heterocycles. The van der Waals surface area contributed by atoms with Gasteiger partial charge in [0.25, 0.3) is 15.9 Å². The second-order valence-electron chi connectivity index (χ2n) is 9.27. The molecule has 210 valence electrons. The molecule has 0 atom stereocenters. The van der Waals surface area contributed by atoms with E-state index in [0.717, 1.165) is 5.56 Å². The zero-order valence-electron chi connectivity index (χ0n) is 22.3. The van der Waals surface area contributed by atoms with E-state index in [2.05, 4.69) is 0 Å². The fourth-order valence-electron chi connectivity index (χ4n) is 4.17. The maximum absolute atomic E-state index is 13.3. The highest BCUT2D eigenvalue weighted by atomic mass is 32.2. The van der Waals surface area contributed by atoms with Crippen LogP contribution in [-0.4, -0.2) is 51.0 Å². The number of amides is 1. The summed E-state index contributed by atoms with van der Waals surface area (Å²) in [7, 11) is -2.89. The van der Waals surface area contributed by atoms with Gasteiger partial charge >= 0.3 is 11.9 Å². The van der Waals surface area contributed by atoms with E-state index in [4.69, 9.17) is 18.9 Å². The molecule has 0 fully saturated rings. The van der Waals surface area contributed by atoms with Crippen LogP contribution in [0.2, 0.25) is 0 Å². The summed E-state index contributed by atoms with van der Waals surface area (Å²) in [6.45, 7) is 2.41. The van der Waals surface area contributed by atoms with Crippen molar-refractivity contribution < 1.29 is 41.7 Å².